The van der Waals surface area contributed by atoms with Crippen LogP contribution in [0.1, 0.15) is 17.2 Å². The van der Waals surface area contributed by atoms with E-state index in [4.69, 9.17) is 17.3 Å². The molecular weight excluding hydrogens is 373 g/mol. The summed E-state index contributed by atoms with van der Waals surface area (Å²) in [4.78, 5) is 10.2. The molecule has 0 fully saturated rings. The number of nitro benzene ring substituents is 1. The molecule has 0 heterocycles. The fourth-order valence-corrected chi connectivity index (χ4v) is 3.45. The van der Waals surface area contributed by atoms with Crippen LogP contribution in [0.15, 0.2) is 41.3 Å². The van der Waals surface area contributed by atoms with Crippen molar-refractivity contribution in [2.24, 2.45) is 5.73 Å². The first kappa shape index (κ1) is 19.3. The molecule has 0 bridgehead atoms. The quantitative estimate of drug-likeness (QED) is 0.583. The zero-order chi connectivity index (χ0) is 18.8. The van der Waals surface area contributed by atoms with E-state index in [0.717, 1.165) is 24.3 Å². The van der Waals surface area contributed by atoms with E-state index in [9.17, 15) is 22.9 Å². The van der Waals surface area contributed by atoms with Crippen LogP contribution in [0.2, 0.25) is 5.02 Å². The highest BCUT2D eigenvalue weighted by atomic mass is 35.5. The average Bonchev–Trinajstić information content (AvgIpc) is 2.56. The third-order valence-electron chi connectivity index (χ3n) is 3.62. The minimum Gasteiger partial charge on any atom is -0.324 e. The van der Waals surface area contributed by atoms with Crippen molar-refractivity contribution in [1.29, 1.82) is 0 Å². The first-order chi connectivity index (χ1) is 11.7. The molecule has 0 aliphatic rings. The van der Waals surface area contributed by atoms with E-state index in [-0.39, 0.29) is 27.6 Å². The van der Waals surface area contributed by atoms with Crippen LogP contribution in [0, 0.1) is 15.9 Å². The van der Waals surface area contributed by atoms with Crippen LogP contribution in [0.4, 0.5) is 10.1 Å². The second-order valence-electron chi connectivity index (χ2n) is 5.24. The van der Waals surface area contributed by atoms with E-state index in [1.54, 1.807) is 0 Å². The summed E-state index contributed by atoms with van der Waals surface area (Å²) >= 11 is 5.73. The Labute approximate surface area is 148 Å². The molecule has 2 aromatic rings. The van der Waals surface area contributed by atoms with E-state index < -0.39 is 26.8 Å². The summed E-state index contributed by atoms with van der Waals surface area (Å²) in [5.41, 5.74) is 6.46. The van der Waals surface area contributed by atoms with Crippen LogP contribution in [-0.4, -0.2) is 20.4 Å². The molecule has 1 atom stereocenters. The molecule has 0 spiro atoms. The van der Waals surface area contributed by atoms with Crippen molar-refractivity contribution >= 4 is 27.3 Å². The lowest BCUT2D eigenvalue weighted by Crippen LogP contribution is -2.22. The number of nitro groups is 1. The average molecular weight is 388 g/mol. The minimum absolute atomic E-state index is 0.0140. The maximum absolute atomic E-state index is 13.3. The second kappa shape index (κ2) is 7.44. The highest BCUT2D eigenvalue weighted by Crippen LogP contribution is 2.27. The second-order valence-corrected chi connectivity index (χ2v) is 7.50. The van der Waals surface area contributed by atoms with Crippen molar-refractivity contribution in [2.45, 2.75) is 17.4 Å². The molecular formula is C15H15ClFN3O4S. The predicted molar refractivity (Wildman–Crippen MR) is 91.4 cm³/mol. The Hall–Kier alpha value is -2.07. The maximum atomic E-state index is 13.3. The summed E-state index contributed by atoms with van der Waals surface area (Å²) in [7, 11) is -2.59. The van der Waals surface area contributed by atoms with E-state index in [1.807, 2.05) is 0 Å². The number of halogens is 2. The van der Waals surface area contributed by atoms with Crippen molar-refractivity contribution in [3.05, 3.63) is 68.5 Å². The van der Waals surface area contributed by atoms with E-state index in [2.05, 4.69) is 4.72 Å². The first-order valence-electron chi connectivity index (χ1n) is 7.07. The van der Waals surface area contributed by atoms with Gasteiger partial charge in [0.05, 0.1) is 14.8 Å². The standard InChI is InChI=1S/C15H15ClFN3O4S/c1-19-25(23,24)15-5-3-11(20(21)22)6-10(15)8-14(18)9-2-4-13(17)12(16)7-9/h2-7,14,19H,8,18H2,1H3/t14-/m0/s1. The number of sulfonamides is 1. The summed E-state index contributed by atoms with van der Waals surface area (Å²) in [6.45, 7) is 0. The van der Waals surface area contributed by atoms with Gasteiger partial charge in [-0.3, -0.25) is 10.1 Å². The van der Waals surface area contributed by atoms with Gasteiger partial charge >= 0.3 is 0 Å². The Kier molecular flexibility index (Phi) is 5.73. The summed E-state index contributed by atoms with van der Waals surface area (Å²) < 4.78 is 39.7. The summed E-state index contributed by atoms with van der Waals surface area (Å²) in [6.07, 6.45) is -0.0140. The molecule has 7 nitrogen and oxygen atoms in total. The number of benzene rings is 2. The zero-order valence-electron chi connectivity index (χ0n) is 13.1. The van der Waals surface area contributed by atoms with Crippen molar-refractivity contribution in [1.82, 2.24) is 4.72 Å². The lowest BCUT2D eigenvalue weighted by molar-refractivity contribution is -0.385. The topological polar surface area (TPSA) is 115 Å². The van der Waals surface area contributed by atoms with Gasteiger partial charge in [-0.05, 0) is 42.8 Å². The molecule has 134 valence electrons. The Morgan fingerprint density at radius 2 is 2.00 bits per heavy atom. The van der Waals surface area contributed by atoms with E-state index >= 15 is 0 Å². The summed E-state index contributed by atoms with van der Waals surface area (Å²) in [6, 6.07) is 6.61. The summed E-state index contributed by atoms with van der Waals surface area (Å²) in [5.74, 6) is -0.605. The number of non-ortho nitro benzene ring substituents is 1. The zero-order valence-corrected chi connectivity index (χ0v) is 14.6. The Balaban J connectivity index is 2.46. The lowest BCUT2D eigenvalue weighted by Gasteiger charge is -2.15. The maximum Gasteiger partial charge on any atom is 0.269 e. The molecule has 0 amide bonds. The van der Waals surface area contributed by atoms with Crippen molar-refractivity contribution in [2.75, 3.05) is 7.05 Å². The molecule has 0 saturated heterocycles. The number of rotatable bonds is 6. The third kappa shape index (κ3) is 4.31. The lowest BCUT2D eigenvalue weighted by atomic mass is 9.99. The molecule has 0 radical (unpaired) electrons. The van der Waals surface area contributed by atoms with Crippen molar-refractivity contribution < 1.29 is 17.7 Å². The number of nitrogens with zero attached hydrogens (tertiary/aromatic N) is 1. The molecule has 2 aromatic carbocycles. The normalized spacial score (nSPS) is 12.8. The number of hydrogen-bond donors (Lipinski definition) is 2. The molecule has 0 aliphatic carbocycles. The fourth-order valence-electron chi connectivity index (χ4n) is 2.31. The van der Waals surface area contributed by atoms with E-state index in [1.165, 1.54) is 19.2 Å². The van der Waals surface area contributed by atoms with E-state index in [0.29, 0.717) is 5.56 Å². The molecule has 0 aliphatic heterocycles. The SMILES string of the molecule is CNS(=O)(=O)c1ccc([N+](=O)[O-])cc1C[C@H](N)c1ccc(F)c(Cl)c1. The first-order valence-corrected chi connectivity index (χ1v) is 8.93. The van der Waals surface area contributed by atoms with Crippen LogP contribution < -0.4 is 10.5 Å². The highest BCUT2D eigenvalue weighted by Gasteiger charge is 2.22. The Morgan fingerprint density at radius 1 is 1.32 bits per heavy atom. The van der Waals surface area contributed by atoms with Gasteiger partial charge in [-0.1, -0.05) is 17.7 Å². The summed E-state index contributed by atoms with van der Waals surface area (Å²) in [5, 5.41) is 10.9. The van der Waals surface area contributed by atoms with Gasteiger partial charge in [0.2, 0.25) is 10.0 Å². The van der Waals surface area contributed by atoms with Crippen LogP contribution in [0.25, 0.3) is 0 Å². The molecule has 0 unspecified atom stereocenters. The molecule has 10 heteroatoms. The number of nitrogens with one attached hydrogen (secondary N) is 1. The van der Waals surface area contributed by atoms with Crippen LogP contribution in [-0.2, 0) is 16.4 Å². The van der Waals surface area contributed by atoms with Gasteiger partial charge in [-0.15, -0.1) is 0 Å². The fraction of sp³-hybridized carbons (Fsp3) is 0.200. The largest absolute Gasteiger partial charge is 0.324 e. The van der Waals surface area contributed by atoms with Crippen molar-refractivity contribution in [3.63, 3.8) is 0 Å². The van der Waals surface area contributed by atoms with Crippen LogP contribution in [0.3, 0.4) is 0 Å². The minimum atomic E-state index is -3.83. The predicted octanol–water partition coefficient (Wildman–Crippen LogP) is 2.54. The van der Waals surface area contributed by atoms with Crippen LogP contribution in [0.5, 0.6) is 0 Å². The van der Waals surface area contributed by atoms with Gasteiger partial charge in [0.15, 0.2) is 0 Å². The van der Waals surface area contributed by atoms with Crippen molar-refractivity contribution in [3.8, 4) is 0 Å². The molecule has 3 N–H and O–H groups in total. The van der Waals surface area contributed by atoms with Gasteiger partial charge in [0.25, 0.3) is 5.69 Å². The van der Waals surface area contributed by atoms with Gasteiger partial charge < -0.3 is 5.73 Å². The number of hydrogen-bond acceptors (Lipinski definition) is 5. The molecule has 0 aromatic heterocycles. The Morgan fingerprint density at radius 3 is 2.56 bits per heavy atom. The molecule has 25 heavy (non-hydrogen) atoms. The molecule has 0 saturated carbocycles. The Bertz CT molecular complexity index is 921. The third-order valence-corrected chi connectivity index (χ3v) is 5.43. The van der Waals surface area contributed by atoms with Gasteiger partial charge in [-0.2, -0.15) is 0 Å². The monoisotopic (exact) mass is 387 g/mol. The van der Waals surface area contributed by atoms with Crippen LogP contribution >= 0.6 is 11.6 Å². The molecule has 2 rings (SSSR count). The van der Waals surface area contributed by atoms with Gasteiger partial charge in [-0.25, -0.2) is 17.5 Å². The van der Waals surface area contributed by atoms with Gasteiger partial charge in [0, 0.05) is 18.2 Å². The van der Waals surface area contributed by atoms with Gasteiger partial charge in [0.1, 0.15) is 5.82 Å². The number of nitrogens with two attached hydrogens (primary N) is 1. The highest BCUT2D eigenvalue weighted by molar-refractivity contribution is 7.89. The smallest absolute Gasteiger partial charge is 0.269 e.